The average molecular weight is 267 g/mol. The molecule has 0 aliphatic carbocycles. The quantitative estimate of drug-likeness (QED) is 0.487. The Bertz CT molecular complexity index is 325. The van der Waals surface area contributed by atoms with Crippen LogP contribution in [0.5, 0.6) is 0 Å². The van der Waals surface area contributed by atoms with Crippen molar-refractivity contribution in [1.29, 1.82) is 0 Å². The van der Waals surface area contributed by atoms with Gasteiger partial charge in [0, 0.05) is 19.6 Å². The molecule has 1 aliphatic rings. The molecular weight excluding hydrogens is 250 g/mol. The molecule has 1 fully saturated rings. The van der Waals surface area contributed by atoms with Gasteiger partial charge in [-0.05, 0) is 12.8 Å². The van der Waals surface area contributed by atoms with E-state index in [-0.39, 0.29) is 0 Å². The number of rotatable bonds is 6. The largest absolute Gasteiger partial charge is 0.393 e. The van der Waals surface area contributed by atoms with Gasteiger partial charge in [-0.15, -0.1) is 0 Å². The average Bonchev–Trinajstić information content (AvgIpc) is 2.26. The maximum Gasteiger partial charge on any atom is 0.279 e. The Morgan fingerprint density at radius 2 is 2.06 bits per heavy atom. The molecule has 3 N–H and O–H groups in total. The summed E-state index contributed by atoms with van der Waals surface area (Å²) in [6.45, 7) is 2.08. The monoisotopic (exact) mass is 267 g/mol. The second kappa shape index (κ2) is 6.45. The lowest BCUT2D eigenvalue weighted by Gasteiger charge is -2.26. The van der Waals surface area contributed by atoms with Crippen molar-refractivity contribution in [2.24, 2.45) is 5.73 Å². The maximum atomic E-state index is 11.7. The number of hydrogen-bond donors (Lipinski definition) is 2. The van der Waals surface area contributed by atoms with Crippen LogP contribution in [-0.4, -0.2) is 50.6 Å². The molecule has 0 atom stereocenters. The lowest BCUT2D eigenvalue weighted by atomic mass is 10.3. The molecule has 1 rings (SSSR count). The summed E-state index contributed by atoms with van der Waals surface area (Å²) >= 11 is 4.70. The Balaban J connectivity index is 2.30. The normalized spacial score (nSPS) is 18.5. The van der Waals surface area contributed by atoms with E-state index in [1.807, 2.05) is 0 Å². The zero-order valence-corrected chi connectivity index (χ0v) is 10.6. The molecule has 1 saturated heterocycles. The molecule has 0 aromatic carbocycles. The van der Waals surface area contributed by atoms with Crippen LogP contribution in [0.2, 0.25) is 0 Å². The molecule has 16 heavy (non-hydrogen) atoms. The van der Waals surface area contributed by atoms with Crippen LogP contribution in [0.1, 0.15) is 12.8 Å². The van der Waals surface area contributed by atoms with Crippen molar-refractivity contribution in [3.05, 3.63) is 0 Å². The van der Waals surface area contributed by atoms with Gasteiger partial charge in [0.1, 0.15) is 0 Å². The van der Waals surface area contributed by atoms with Crippen molar-refractivity contribution in [3.63, 3.8) is 0 Å². The number of nitrogens with two attached hydrogens (primary N) is 1. The highest BCUT2D eigenvalue weighted by molar-refractivity contribution is 7.87. The van der Waals surface area contributed by atoms with E-state index in [1.165, 1.54) is 4.31 Å². The standard InChI is InChI=1S/C8H17N3O3S2/c9-8(15)2-1-3-10-16(12,13)11-4-6-14-7-5-11/h10H,1-7H2,(H2,9,15). The van der Waals surface area contributed by atoms with Crippen molar-refractivity contribution >= 4 is 27.4 Å². The molecule has 1 aliphatic heterocycles. The molecular formula is C8H17N3O3S2. The molecule has 6 nitrogen and oxygen atoms in total. The second-order valence-electron chi connectivity index (χ2n) is 3.48. The summed E-state index contributed by atoms with van der Waals surface area (Å²) in [5, 5.41) is 0. The third-order valence-corrected chi connectivity index (χ3v) is 4.01. The van der Waals surface area contributed by atoms with Gasteiger partial charge in [-0.3, -0.25) is 0 Å². The van der Waals surface area contributed by atoms with Crippen LogP contribution in [0.3, 0.4) is 0 Å². The molecule has 0 spiro atoms. The van der Waals surface area contributed by atoms with E-state index in [1.54, 1.807) is 0 Å². The van der Waals surface area contributed by atoms with Crippen LogP contribution in [0, 0.1) is 0 Å². The molecule has 0 unspecified atom stereocenters. The molecule has 0 amide bonds. The summed E-state index contributed by atoms with van der Waals surface area (Å²) in [4.78, 5) is 0.408. The van der Waals surface area contributed by atoms with E-state index in [0.717, 1.165) is 0 Å². The van der Waals surface area contributed by atoms with E-state index in [2.05, 4.69) is 4.72 Å². The molecule has 94 valence electrons. The summed E-state index contributed by atoms with van der Waals surface area (Å²) in [7, 11) is -3.36. The van der Waals surface area contributed by atoms with Crippen LogP contribution in [0.4, 0.5) is 0 Å². The van der Waals surface area contributed by atoms with Gasteiger partial charge in [-0.1, -0.05) is 12.2 Å². The fraction of sp³-hybridized carbons (Fsp3) is 0.875. The van der Waals surface area contributed by atoms with Crippen molar-refractivity contribution in [1.82, 2.24) is 9.03 Å². The second-order valence-corrected chi connectivity index (χ2v) is 5.76. The predicted molar refractivity (Wildman–Crippen MR) is 65.3 cm³/mol. The van der Waals surface area contributed by atoms with Crippen molar-refractivity contribution in [2.45, 2.75) is 12.8 Å². The maximum absolute atomic E-state index is 11.7. The van der Waals surface area contributed by atoms with E-state index in [9.17, 15) is 8.42 Å². The van der Waals surface area contributed by atoms with Crippen LogP contribution in [0.15, 0.2) is 0 Å². The number of nitrogens with zero attached hydrogens (tertiary/aromatic N) is 1. The number of hydrogen-bond acceptors (Lipinski definition) is 4. The number of morpholine rings is 1. The minimum atomic E-state index is -3.36. The fourth-order valence-corrected chi connectivity index (χ4v) is 2.70. The van der Waals surface area contributed by atoms with Crippen LogP contribution in [0.25, 0.3) is 0 Å². The van der Waals surface area contributed by atoms with E-state index in [0.29, 0.717) is 50.7 Å². The van der Waals surface area contributed by atoms with Gasteiger partial charge >= 0.3 is 0 Å². The topological polar surface area (TPSA) is 84.7 Å². The van der Waals surface area contributed by atoms with Gasteiger partial charge < -0.3 is 10.5 Å². The minimum Gasteiger partial charge on any atom is -0.393 e. The van der Waals surface area contributed by atoms with Crippen molar-refractivity contribution in [2.75, 3.05) is 32.8 Å². The number of thiocarbonyl (C=S) groups is 1. The molecule has 1 heterocycles. The van der Waals surface area contributed by atoms with E-state index >= 15 is 0 Å². The summed E-state index contributed by atoms with van der Waals surface area (Å²) < 4.78 is 32.4. The predicted octanol–water partition coefficient (Wildman–Crippen LogP) is -0.781. The highest BCUT2D eigenvalue weighted by atomic mass is 32.2. The van der Waals surface area contributed by atoms with Crippen molar-refractivity contribution < 1.29 is 13.2 Å². The Labute approximate surface area is 101 Å². The van der Waals surface area contributed by atoms with Gasteiger partial charge in [-0.25, -0.2) is 4.72 Å². The third kappa shape index (κ3) is 4.71. The van der Waals surface area contributed by atoms with Gasteiger partial charge in [0.25, 0.3) is 10.2 Å². The summed E-state index contributed by atoms with van der Waals surface area (Å²) in [5.41, 5.74) is 5.31. The first-order valence-corrected chi connectivity index (χ1v) is 6.98. The van der Waals surface area contributed by atoms with Gasteiger partial charge in [0.05, 0.1) is 18.2 Å². The summed E-state index contributed by atoms with van der Waals surface area (Å²) in [5.74, 6) is 0. The first-order chi connectivity index (χ1) is 7.52. The Morgan fingerprint density at radius 3 is 2.62 bits per heavy atom. The molecule has 0 aromatic rings. The Kier molecular flexibility index (Phi) is 5.56. The number of ether oxygens (including phenoxy) is 1. The molecule has 8 heteroatoms. The summed E-state index contributed by atoms with van der Waals surface area (Å²) in [6.07, 6.45) is 1.18. The molecule has 0 aromatic heterocycles. The first kappa shape index (κ1) is 13.8. The van der Waals surface area contributed by atoms with Gasteiger partial charge in [-0.2, -0.15) is 12.7 Å². The SMILES string of the molecule is NC(=S)CCCNS(=O)(=O)N1CCOCC1. The highest BCUT2D eigenvalue weighted by Gasteiger charge is 2.23. The first-order valence-electron chi connectivity index (χ1n) is 5.13. The van der Waals surface area contributed by atoms with Crippen molar-refractivity contribution in [3.8, 4) is 0 Å². The van der Waals surface area contributed by atoms with Gasteiger partial charge in [0.15, 0.2) is 0 Å². The Hall–Kier alpha value is -0.280. The van der Waals surface area contributed by atoms with Crippen LogP contribution >= 0.6 is 12.2 Å². The fourth-order valence-electron chi connectivity index (χ4n) is 1.34. The third-order valence-electron chi connectivity index (χ3n) is 2.19. The minimum absolute atomic E-state index is 0.358. The van der Waals surface area contributed by atoms with Gasteiger partial charge in [0.2, 0.25) is 0 Å². The lowest BCUT2D eigenvalue weighted by molar-refractivity contribution is 0.0725. The van der Waals surface area contributed by atoms with Crippen LogP contribution in [-0.2, 0) is 14.9 Å². The zero-order valence-electron chi connectivity index (χ0n) is 9.02. The van der Waals surface area contributed by atoms with Crippen LogP contribution < -0.4 is 10.5 Å². The van der Waals surface area contributed by atoms with E-state index in [4.69, 9.17) is 22.7 Å². The highest BCUT2D eigenvalue weighted by Crippen LogP contribution is 2.02. The molecule has 0 radical (unpaired) electrons. The molecule has 0 saturated carbocycles. The lowest BCUT2D eigenvalue weighted by Crippen LogP contribution is -2.46. The summed E-state index contributed by atoms with van der Waals surface area (Å²) in [6, 6.07) is 0. The molecule has 0 bridgehead atoms. The zero-order chi connectivity index (χ0) is 12.0. The smallest absolute Gasteiger partial charge is 0.279 e. The Morgan fingerprint density at radius 1 is 1.44 bits per heavy atom. The number of nitrogens with one attached hydrogen (secondary N) is 1. The van der Waals surface area contributed by atoms with E-state index < -0.39 is 10.2 Å².